The molecule has 1 unspecified atom stereocenters. The third-order valence-electron chi connectivity index (χ3n) is 13.1. The van der Waals surface area contributed by atoms with Crippen molar-refractivity contribution < 1.29 is 46.1 Å². The molecule has 3 fully saturated rings. The molecule has 1 saturated heterocycles. The van der Waals surface area contributed by atoms with Crippen LogP contribution in [-0.4, -0.2) is 99.8 Å². The predicted octanol–water partition coefficient (Wildman–Crippen LogP) is 5.93. The van der Waals surface area contributed by atoms with Gasteiger partial charge in [0.15, 0.2) is 11.6 Å². The normalized spacial score (nSPS) is 21.5. The van der Waals surface area contributed by atoms with Crippen LogP contribution in [0.5, 0.6) is 0 Å². The van der Waals surface area contributed by atoms with E-state index in [1.807, 2.05) is 53.7 Å². The molecule has 65 heavy (non-hydrogen) atoms. The van der Waals surface area contributed by atoms with Crippen LogP contribution in [0.4, 0.5) is 4.39 Å². The second-order valence-corrected chi connectivity index (χ2v) is 20.5. The summed E-state index contributed by atoms with van der Waals surface area (Å²) in [5.41, 5.74) is 1.38. The maximum absolute atomic E-state index is 14.3. The first-order valence-corrected chi connectivity index (χ1v) is 25.0. The Labute approximate surface area is 384 Å². The highest BCUT2D eigenvalue weighted by molar-refractivity contribution is 7.89. The fourth-order valence-electron chi connectivity index (χ4n) is 9.19. The molecule has 3 aliphatic rings. The summed E-state index contributed by atoms with van der Waals surface area (Å²) in [6.45, 7) is 11.4. The molecular formula is C47H74FN5O11S. The summed E-state index contributed by atoms with van der Waals surface area (Å²) >= 11 is 0. The molecule has 3 N–H and O–H groups in total. The minimum absolute atomic E-state index is 0.0306. The number of hydrogen-bond acceptors (Lipinski definition) is 11. The quantitative estimate of drug-likeness (QED) is 0.0936. The number of aromatic nitrogens is 2. The summed E-state index contributed by atoms with van der Waals surface area (Å²) < 4.78 is 78.4. The van der Waals surface area contributed by atoms with Crippen LogP contribution in [0, 0.1) is 6.92 Å². The molecule has 2 heterocycles. The smallest absolute Gasteiger partial charge is 0.333 e. The number of carbonyl (C=O) groups is 2. The van der Waals surface area contributed by atoms with E-state index in [1.165, 1.54) is 10.8 Å². The van der Waals surface area contributed by atoms with Crippen molar-refractivity contribution in [1.82, 2.24) is 24.5 Å². The molecule has 4 atom stereocenters. The molecule has 2 amide bonds. The zero-order valence-electron chi connectivity index (χ0n) is 40.0. The van der Waals surface area contributed by atoms with E-state index in [4.69, 9.17) is 23.7 Å². The van der Waals surface area contributed by atoms with Gasteiger partial charge in [0.2, 0.25) is 21.8 Å². The molecule has 18 heteroatoms. The molecule has 0 radical (unpaired) electrons. The summed E-state index contributed by atoms with van der Waals surface area (Å²) in [5, 5.41) is 4.96. The Kier molecular flexibility index (Phi) is 18.5. The third-order valence-corrected chi connectivity index (χ3v) is 14.7. The van der Waals surface area contributed by atoms with Crippen LogP contribution in [0.25, 0.3) is 0 Å². The van der Waals surface area contributed by atoms with E-state index in [0.717, 1.165) is 74.3 Å². The number of sulfonamides is 1. The largest absolute Gasteiger partial charge is 0.355 e. The maximum Gasteiger partial charge on any atom is 0.333 e. The van der Waals surface area contributed by atoms with Gasteiger partial charge in [-0.05, 0) is 73.5 Å². The van der Waals surface area contributed by atoms with Crippen LogP contribution >= 0.6 is 0 Å². The minimum atomic E-state index is -4.37. The SMILES string of the molecule is COC1(OC[C@H]2O[C@@H](n3cc(C)c(=O)n(CCCNC(=O)CNC(=O)C(C[18F])NS(=O)(=O)c4c(C(C)C)cc(C(C)C)cc4C(C)C)c3=O)C[C@@H]2OC2(OC)CCCCC2)CCCCC1. The van der Waals surface area contributed by atoms with Crippen molar-refractivity contribution in [3.63, 3.8) is 0 Å². The number of hydrogen-bond donors (Lipinski definition) is 3. The first-order chi connectivity index (χ1) is 30.8. The molecule has 0 spiro atoms. The predicted molar refractivity (Wildman–Crippen MR) is 244 cm³/mol. The van der Waals surface area contributed by atoms with Gasteiger partial charge in [-0.1, -0.05) is 66.5 Å². The van der Waals surface area contributed by atoms with Gasteiger partial charge in [-0.2, -0.15) is 4.72 Å². The summed E-state index contributed by atoms with van der Waals surface area (Å²) in [5.74, 6) is -3.35. The van der Waals surface area contributed by atoms with Crippen molar-refractivity contribution >= 4 is 21.8 Å². The van der Waals surface area contributed by atoms with Crippen molar-refractivity contribution in [3.05, 3.63) is 61.4 Å². The molecular weight excluding hydrogens is 861 g/mol. The van der Waals surface area contributed by atoms with E-state index in [9.17, 15) is 32.0 Å². The first kappa shape index (κ1) is 52.4. The molecule has 1 aliphatic heterocycles. The summed E-state index contributed by atoms with van der Waals surface area (Å²) in [6, 6.07) is 1.91. The van der Waals surface area contributed by atoms with Gasteiger partial charge in [-0.3, -0.25) is 23.5 Å². The lowest BCUT2D eigenvalue weighted by Gasteiger charge is -2.40. The third kappa shape index (κ3) is 12.9. The van der Waals surface area contributed by atoms with E-state index in [1.54, 1.807) is 21.1 Å². The van der Waals surface area contributed by atoms with Gasteiger partial charge in [-0.25, -0.2) is 17.6 Å². The van der Waals surface area contributed by atoms with Crippen molar-refractivity contribution in [3.8, 4) is 0 Å². The summed E-state index contributed by atoms with van der Waals surface area (Å²) in [6.07, 6.45) is 9.33. The lowest BCUT2D eigenvalue weighted by molar-refractivity contribution is -0.282. The number of aryl methyl sites for hydroxylation is 1. The molecule has 1 aromatic carbocycles. The Morgan fingerprint density at radius 1 is 0.877 bits per heavy atom. The molecule has 16 nitrogen and oxygen atoms in total. The van der Waals surface area contributed by atoms with Crippen LogP contribution in [0.3, 0.4) is 0 Å². The van der Waals surface area contributed by atoms with Crippen molar-refractivity contribution in [2.75, 3.05) is 40.6 Å². The highest BCUT2D eigenvalue weighted by Crippen LogP contribution is 2.41. The number of nitrogens with one attached hydrogen (secondary N) is 3. The second kappa shape index (κ2) is 23.0. The lowest BCUT2D eigenvalue weighted by atomic mass is 9.89. The number of rotatable bonds is 22. The van der Waals surface area contributed by atoms with E-state index in [0.29, 0.717) is 23.1 Å². The van der Waals surface area contributed by atoms with Gasteiger partial charge in [0.25, 0.3) is 5.56 Å². The van der Waals surface area contributed by atoms with E-state index < -0.39 is 82.4 Å². The number of methoxy groups -OCH3 is 2. The van der Waals surface area contributed by atoms with Gasteiger partial charge in [0.05, 0.1) is 24.2 Å². The molecule has 1 aromatic heterocycles. The average molecular weight is 935 g/mol. The summed E-state index contributed by atoms with van der Waals surface area (Å²) in [7, 11) is -1.06. The molecule has 366 valence electrons. The number of carbonyl (C=O) groups excluding carboxylic acids is 2. The number of nitrogens with zero attached hydrogens (tertiary/aromatic N) is 2. The Morgan fingerprint density at radius 3 is 2.00 bits per heavy atom. The average Bonchev–Trinajstić information content (AvgIpc) is 3.68. The number of alkyl halides is 1. The fourth-order valence-corrected chi connectivity index (χ4v) is 11.1. The Hall–Kier alpha value is -3.52. The second-order valence-electron chi connectivity index (χ2n) is 18.9. The first-order valence-electron chi connectivity index (χ1n) is 23.5. The Bertz CT molecular complexity index is 2130. The molecule has 2 saturated carbocycles. The van der Waals surface area contributed by atoms with Crippen LogP contribution in [0.1, 0.15) is 165 Å². The monoisotopic (exact) mass is 935 g/mol. The van der Waals surface area contributed by atoms with Crippen LogP contribution in [0.15, 0.2) is 32.8 Å². The van der Waals surface area contributed by atoms with E-state index >= 15 is 0 Å². The molecule has 0 bridgehead atoms. The zero-order chi connectivity index (χ0) is 47.7. The van der Waals surface area contributed by atoms with E-state index in [2.05, 4.69) is 15.4 Å². The summed E-state index contributed by atoms with van der Waals surface area (Å²) in [4.78, 5) is 53.2. The standard InChI is InChI=1S/C47H74FN5O11S/c1-30(2)34-23-35(31(3)4)42(36(24-34)32(5)6)65(58,59)51-37(26-48)43(55)50-27-40(54)49-21-16-22-52-44(56)33(7)28-53(45(52)57)41-25-38(64-47(61-9)19-14-11-15-20-47)39(63-41)29-62-46(60-8)17-12-10-13-18-46/h23-24,28,30-32,37-39,41,51H,10-22,25-27,29H2,1-9H3,(H,49,54)(H,50,55)/t37?,38-,39+,41+/m0/s1/i48-1. The molecule has 2 aliphatic carbocycles. The van der Waals surface area contributed by atoms with Gasteiger partial charge < -0.3 is 34.3 Å². The molecule has 2 aromatic rings. The van der Waals surface area contributed by atoms with Crippen LogP contribution < -0.4 is 26.6 Å². The van der Waals surface area contributed by atoms with Gasteiger partial charge >= 0.3 is 5.69 Å². The topological polar surface area (TPSA) is 195 Å². The number of amides is 2. The minimum Gasteiger partial charge on any atom is -0.355 e. The highest BCUT2D eigenvalue weighted by atomic mass is 32.2. The van der Waals surface area contributed by atoms with E-state index in [-0.39, 0.29) is 48.8 Å². The number of halogens is 1. The number of ether oxygens (including phenoxy) is 5. The fraction of sp³-hybridized carbons (Fsp3) is 0.745. The van der Waals surface area contributed by atoms with Crippen LogP contribution in [-0.2, 0) is 49.8 Å². The van der Waals surface area contributed by atoms with Crippen molar-refractivity contribution in [1.29, 1.82) is 0 Å². The van der Waals surface area contributed by atoms with Crippen molar-refractivity contribution in [2.24, 2.45) is 0 Å². The zero-order valence-corrected chi connectivity index (χ0v) is 40.8. The maximum atomic E-state index is 14.3. The van der Waals surface area contributed by atoms with Gasteiger partial charge in [0.1, 0.15) is 25.0 Å². The van der Waals surface area contributed by atoms with Gasteiger partial charge in [-0.15, -0.1) is 0 Å². The lowest BCUT2D eigenvalue weighted by Crippen LogP contribution is -2.50. The Balaban J connectivity index is 1.20. The van der Waals surface area contributed by atoms with Crippen LogP contribution in [0.2, 0.25) is 0 Å². The Morgan fingerprint density at radius 2 is 1.46 bits per heavy atom. The molecule has 5 rings (SSSR count). The van der Waals surface area contributed by atoms with Gasteiger partial charge in [0, 0.05) is 71.2 Å². The number of benzene rings is 1. The highest BCUT2D eigenvalue weighted by Gasteiger charge is 2.46. The van der Waals surface area contributed by atoms with Crippen molar-refractivity contribution in [2.45, 2.75) is 191 Å².